The first kappa shape index (κ1) is 22.5. The van der Waals surface area contributed by atoms with Crippen molar-refractivity contribution < 1.29 is 9.53 Å². The molecule has 4 heteroatoms. The zero-order chi connectivity index (χ0) is 23.9. The Hall–Kier alpha value is -3.27. The van der Waals surface area contributed by atoms with Crippen LogP contribution in [0, 0.1) is 20.8 Å². The SMILES string of the molecule is COc1cc(C)c(-c2ccc3c(c2)C2(CCCC2)CN3C(=O)NCc2ccc(C)cc2)cc1C. The summed E-state index contributed by atoms with van der Waals surface area (Å²) in [4.78, 5) is 15.3. The first-order valence-corrected chi connectivity index (χ1v) is 12.3. The van der Waals surface area contributed by atoms with Crippen molar-refractivity contribution in [2.75, 3.05) is 18.6 Å². The molecule has 5 rings (SSSR count). The number of amides is 2. The number of urea groups is 1. The molecule has 0 saturated heterocycles. The minimum atomic E-state index is -0.00479. The average molecular weight is 455 g/mol. The average Bonchev–Trinajstić information content (AvgIpc) is 3.45. The molecular formula is C30H34N2O2. The van der Waals surface area contributed by atoms with Crippen LogP contribution >= 0.6 is 0 Å². The molecule has 0 aromatic heterocycles. The summed E-state index contributed by atoms with van der Waals surface area (Å²) in [7, 11) is 1.72. The lowest BCUT2D eigenvalue weighted by Gasteiger charge is -2.25. The number of benzene rings is 3. The fraction of sp³-hybridized carbons (Fsp3) is 0.367. The van der Waals surface area contributed by atoms with E-state index in [1.807, 2.05) is 4.90 Å². The first-order valence-electron chi connectivity index (χ1n) is 12.3. The molecule has 3 aromatic carbocycles. The van der Waals surface area contributed by atoms with Crippen molar-refractivity contribution in [3.8, 4) is 16.9 Å². The van der Waals surface area contributed by atoms with Crippen LogP contribution in [0.15, 0.2) is 54.6 Å². The monoisotopic (exact) mass is 454 g/mol. The van der Waals surface area contributed by atoms with Crippen molar-refractivity contribution in [2.45, 2.75) is 58.4 Å². The highest BCUT2D eigenvalue weighted by Crippen LogP contribution is 2.51. The molecule has 1 aliphatic carbocycles. The normalized spacial score (nSPS) is 16.1. The van der Waals surface area contributed by atoms with Gasteiger partial charge in [-0.2, -0.15) is 0 Å². The molecule has 1 spiro atoms. The zero-order valence-corrected chi connectivity index (χ0v) is 20.7. The van der Waals surface area contributed by atoms with Crippen molar-refractivity contribution in [3.05, 3.63) is 82.4 Å². The number of aryl methyl sites for hydroxylation is 3. The summed E-state index contributed by atoms with van der Waals surface area (Å²) in [6.07, 6.45) is 4.74. The van der Waals surface area contributed by atoms with Crippen LogP contribution < -0.4 is 15.0 Å². The Bertz CT molecular complexity index is 1220. The van der Waals surface area contributed by atoms with Gasteiger partial charge in [0.1, 0.15) is 5.75 Å². The maximum atomic E-state index is 13.3. The number of hydrogen-bond donors (Lipinski definition) is 1. The second-order valence-corrected chi connectivity index (χ2v) is 10.1. The molecule has 0 bridgehead atoms. The standard InChI is InChI=1S/C30H34N2O2/c1-20-7-9-23(10-8-20)18-31-29(33)32-19-30(13-5-6-14-30)26-17-24(11-12-27(26)32)25-15-22(3)28(34-4)16-21(25)2/h7-12,15-17H,5-6,13-14,18-19H2,1-4H3,(H,31,33). The summed E-state index contributed by atoms with van der Waals surface area (Å²) in [5.74, 6) is 0.922. The van der Waals surface area contributed by atoms with E-state index in [0.717, 1.165) is 42.0 Å². The van der Waals surface area contributed by atoms with Gasteiger partial charge in [-0.15, -0.1) is 0 Å². The van der Waals surface area contributed by atoms with Gasteiger partial charge in [0.05, 0.1) is 7.11 Å². The number of ether oxygens (including phenoxy) is 1. The third kappa shape index (κ3) is 3.96. The van der Waals surface area contributed by atoms with Gasteiger partial charge in [0.25, 0.3) is 0 Å². The third-order valence-corrected chi connectivity index (χ3v) is 7.74. The lowest BCUT2D eigenvalue weighted by molar-refractivity contribution is 0.245. The quantitative estimate of drug-likeness (QED) is 0.469. The lowest BCUT2D eigenvalue weighted by Crippen LogP contribution is -2.41. The zero-order valence-electron chi connectivity index (χ0n) is 20.7. The molecule has 3 aromatic rings. The summed E-state index contributed by atoms with van der Waals surface area (Å²) in [6.45, 7) is 7.62. The van der Waals surface area contributed by atoms with Gasteiger partial charge < -0.3 is 10.1 Å². The summed E-state index contributed by atoms with van der Waals surface area (Å²) in [5.41, 5.74) is 9.61. The molecule has 1 N–H and O–H groups in total. The van der Waals surface area contributed by atoms with Crippen LogP contribution in [0.2, 0.25) is 0 Å². The van der Waals surface area contributed by atoms with Crippen LogP contribution in [-0.2, 0) is 12.0 Å². The molecule has 176 valence electrons. The van der Waals surface area contributed by atoms with Crippen molar-refractivity contribution in [2.24, 2.45) is 0 Å². The Morgan fingerprint density at radius 3 is 2.41 bits per heavy atom. The molecule has 0 atom stereocenters. The Balaban J connectivity index is 1.46. The molecule has 0 unspecified atom stereocenters. The van der Waals surface area contributed by atoms with Gasteiger partial charge >= 0.3 is 6.03 Å². The van der Waals surface area contributed by atoms with E-state index in [0.29, 0.717) is 6.54 Å². The molecule has 0 radical (unpaired) electrons. The number of carbonyl (C=O) groups is 1. The van der Waals surface area contributed by atoms with E-state index in [4.69, 9.17) is 4.74 Å². The van der Waals surface area contributed by atoms with E-state index in [2.05, 4.69) is 80.7 Å². The van der Waals surface area contributed by atoms with E-state index in [-0.39, 0.29) is 11.4 Å². The van der Waals surface area contributed by atoms with E-state index < -0.39 is 0 Å². The summed E-state index contributed by atoms with van der Waals surface area (Å²) in [5, 5.41) is 3.16. The number of rotatable bonds is 4. The van der Waals surface area contributed by atoms with Gasteiger partial charge in [-0.1, -0.05) is 48.7 Å². The molecule has 1 aliphatic heterocycles. The number of nitrogens with zero attached hydrogens (tertiary/aromatic N) is 1. The lowest BCUT2D eigenvalue weighted by atomic mass is 9.79. The van der Waals surface area contributed by atoms with Crippen LogP contribution in [0.5, 0.6) is 5.75 Å². The van der Waals surface area contributed by atoms with Crippen LogP contribution in [0.3, 0.4) is 0 Å². The number of methoxy groups -OCH3 is 1. The molecule has 2 aliphatic rings. The first-order chi connectivity index (χ1) is 16.4. The van der Waals surface area contributed by atoms with Gasteiger partial charge in [-0.05, 0) is 91.3 Å². The third-order valence-electron chi connectivity index (χ3n) is 7.74. The Morgan fingerprint density at radius 2 is 1.71 bits per heavy atom. The molecule has 4 nitrogen and oxygen atoms in total. The number of anilines is 1. The highest BCUT2D eigenvalue weighted by Gasteiger charge is 2.46. The topological polar surface area (TPSA) is 41.6 Å². The summed E-state index contributed by atoms with van der Waals surface area (Å²) < 4.78 is 5.52. The van der Waals surface area contributed by atoms with E-state index >= 15 is 0 Å². The van der Waals surface area contributed by atoms with Gasteiger partial charge in [0, 0.05) is 24.2 Å². The van der Waals surface area contributed by atoms with Crippen LogP contribution in [0.4, 0.5) is 10.5 Å². The maximum Gasteiger partial charge on any atom is 0.322 e. The van der Waals surface area contributed by atoms with Crippen molar-refractivity contribution in [3.63, 3.8) is 0 Å². The minimum absolute atomic E-state index is 0.00479. The fourth-order valence-electron chi connectivity index (χ4n) is 5.80. The van der Waals surface area contributed by atoms with Crippen molar-refractivity contribution in [1.82, 2.24) is 5.32 Å². The van der Waals surface area contributed by atoms with Crippen molar-refractivity contribution >= 4 is 11.7 Å². The number of nitrogens with one attached hydrogen (secondary N) is 1. The molecule has 1 fully saturated rings. The molecule has 1 saturated carbocycles. The van der Waals surface area contributed by atoms with E-state index in [9.17, 15) is 4.79 Å². The fourth-order valence-corrected chi connectivity index (χ4v) is 5.80. The predicted octanol–water partition coefficient (Wildman–Crippen LogP) is 6.83. The highest BCUT2D eigenvalue weighted by atomic mass is 16.5. The van der Waals surface area contributed by atoms with Crippen LogP contribution in [0.1, 0.15) is 53.5 Å². The van der Waals surface area contributed by atoms with Gasteiger partial charge in [-0.3, -0.25) is 4.90 Å². The molecule has 1 heterocycles. The number of carbonyl (C=O) groups excluding carboxylic acids is 1. The van der Waals surface area contributed by atoms with Gasteiger partial charge in [-0.25, -0.2) is 4.79 Å². The maximum absolute atomic E-state index is 13.3. The van der Waals surface area contributed by atoms with E-state index in [1.54, 1.807) is 7.11 Å². The molecule has 34 heavy (non-hydrogen) atoms. The molecule has 2 amide bonds. The second kappa shape index (κ2) is 8.83. The second-order valence-electron chi connectivity index (χ2n) is 10.1. The van der Waals surface area contributed by atoms with Crippen LogP contribution in [0.25, 0.3) is 11.1 Å². The van der Waals surface area contributed by atoms with Gasteiger partial charge in [0.2, 0.25) is 0 Å². The van der Waals surface area contributed by atoms with Gasteiger partial charge in [0.15, 0.2) is 0 Å². The molecular weight excluding hydrogens is 420 g/mol. The largest absolute Gasteiger partial charge is 0.496 e. The minimum Gasteiger partial charge on any atom is -0.496 e. The smallest absolute Gasteiger partial charge is 0.322 e. The Morgan fingerprint density at radius 1 is 0.971 bits per heavy atom. The Kier molecular flexibility index (Phi) is 5.85. The Labute approximate surface area is 202 Å². The van der Waals surface area contributed by atoms with Crippen LogP contribution in [-0.4, -0.2) is 19.7 Å². The summed E-state index contributed by atoms with van der Waals surface area (Å²) in [6, 6.07) is 19.3. The highest BCUT2D eigenvalue weighted by molar-refractivity contribution is 5.96. The summed E-state index contributed by atoms with van der Waals surface area (Å²) >= 11 is 0. The van der Waals surface area contributed by atoms with E-state index in [1.165, 1.54) is 40.7 Å². The predicted molar refractivity (Wildman–Crippen MR) is 139 cm³/mol. The number of hydrogen-bond acceptors (Lipinski definition) is 2. The van der Waals surface area contributed by atoms with Crippen molar-refractivity contribution in [1.29, 1.82) is 0 Å². The number of fused-ring (bicyclic) bond motifs is 2.